The lowest BCUT2D eigenvalue weighted by Crippen LogP contribution is -2.35. The van der Waals surface area contributed by atoms with E-state index in [4.69, 9.17) is 0 Å². The van der Waals surface area contributed by atoms with Crippen LogP contribution in [0.1, 0.15) is 58.6 Å². The van der Waals surface area contributed by atoms with Crippen molar-refractivity contribution in [1.29, 1.82) is 0 Å². The number of likely N-dealkylation sites (tertiary alicyclic amines) is 1. The normalized spacial score (nSPS) is 24.2. The summed E-state index contributed by atoms with van der Waals surface area (Å²) in [6.45, 7) is 1.79. The molecule has 1 aromatic rings. The Morgan fingerprint density at radius 2 is 1.91 bits per heavy atom. The number of rotatable bonds is 3. The number of nitrogens with one attached hydrogen (secondary N) is 1. The highest BCUT2D eigenvalue weighted by molar-refractivity contribution is 7.14. The first-order chi connectivity index (χ1) is 11.2. The molecule has 0 radical (unpaired) electrons. The van der Waals surface area contributed by atoms with E-state index in [0.29, 0.717) is 6.04 Å². The molecule has 1 atom stereocenters. The number of carbonyl (C=O) groups is 2. The van der Waals surface area contributed by atoms with Crippen molar-refractivity contribution in [3.8, 4) is 0 Å². The van der Waals surface area contributed by atoms with Gasteiger partial charge >= 0.3 is 0 Å². The van der Waals surface area contributed by atoms with Gasteiger partial charge in [0.1, 0.15) is 0 Å². The summed E-state index contributed by atoms with van der Waals surface area (Å²) < 4.78 is 0. The molecule has 2 amide bonds. The van der Waals surface area contributed by atoms with Crippen molar-refractivity contribution in [3.63, 3.8) is 0 Å². The molecule has 1 aliphatic heterocycles. The van der Waals surface area contributed by atoms with Crippen LogP contribution in [0.3, 0.4) is 0 Å². The molecule has 2 fully saturated rings. The molecule has 1 aromatic heterocycles. The number of aryl methyl sites for hydroxylation is 1. The van der Waals surface area contributed by atoms with Gasteiger partial charge in [0.05, 0.1) is 4.88 Å². The number of carbonyl (C=O) groups excluding carboxylic acids is 2. The van der Waals surface area contributed by atoms with Gasteiger partial charge < -0.3 is 10.2 Å². The van der Waals surface area contributed by atoms with E-state index >= 15 is 0 Å². The Morgan fingerprint density at radius 3 is 2.65 bits per heavy atom. The molecule has 4 nitrogen and oxygen atoms in total. The van der Waals surface area contributed by atoms with Crippen LogP contribution < -0.4 is 5.32 Å². The number of amides is 2. The van der Waals surface area contributed by atoms with Gasteiger partial charge in [-0.05, 0) is 63.0 Å². The van der Waals surface area contributed by atoms with Gasteiger partial charge in [0.2, 0.25) is 5.91 Å². The number of thiophene rings is 1. The monoisotopic (exact) mass is 332 g/mol. The molecule has 2 aliphatic carbocycles. The van der Waals surface area contributed by atoms with Crippen LogP contribution in [0.5, 0.6) is 0 Å². The minimum atomic E-state index is 0.0932. The van der Waals surface area contributed by atoms with Crippen LogP contribution in [0, 0.1) is 5.92 Å². The minimum Gasteiger partial charge on any atom is -0.353 e. The van der Waals surface area contributed by atoms with E-state index in [1.54, 1.807) is 11.3 Å². The van der Waals surface area contributed by atoms with Crippen LogP contribution in [0.4, 0.5) is 0 Å². The van der Waals surface area contributed by atoms with Crippen molar-refractivity contribution < 1.29 is 9.59 Å². The molecule has 5 heteroatoms. The Kier molecular flexibility index (Phi) is 4.14. The van der Waals surface area contributed by atoms with Crippen LogP contribution in [0.15, 0.2) is 6.07 Å². The highest BCUT2D eigenvalue weighted by atomic mass is 32.1. The average molecular weight is 332 g/mol. The molecule has 124 valence electrons. The van der Waals surface area contributed by atoms with Crippen molar-refractivity contribution in [2.45, 2.75) is 57.4 Å². The van der Waals surface area contributed by atoms with Crippen molar-refractivity contribution in [1.82, 2.24) is 10.2 Å². The Labute approximate surface area is 141 Å². The predicted octanol–water partition coefficient (Wildman–Crippen LogP) is 2.76. The van der Waals surface area contributed by atoms with Crippen molar-refractivity contribution in [3.05, 3.63) is 21.4 Å². The van der Waals surface area contributed by atoms with Crippen LogP contribution in [0.25, 0.3) is 0 Å². The molecule has 1 N–H and O–H groups in total. The van der Waals surface area contributed by atoms with Gasteiger partial charge in [-0.2, -0.15) is 0 Å². The zero-order chi connectivity index (χ0) is 15.8. The van der Waals surface area contributed by atoms with E-state index in [1.165, 1.54) is 16.9 Å². The summed E-state index contributed by atoms with van der Waals surface area (Å²) in [7, 11) is 0. The molecule has 0 spiro atoms. The number of nitrogens with zero attached hydrogens (tertiary/aromatic N) is 1. The van der Waals surface area contributed by atoms with Crippen LogP contribution in [-0.4, -0.2) is 35.8 Å². The fourth-order valence-electron chi connectivity index (χ4n) is 3.65. The van der Waals surface area contributed by atoms with E-state index in [1.807, 2.05) is 4.90 Å². The summed E-state index contributed by atoms with van der Waals surface area (Å²) in [6.07, 6.45) is 8.42. The summed E-state index contributed by atoms with van der Waals surface area (Å²) in [5.41, 5.74) is 1.23. The number of piperidine rings is 1. The molecule has 0 aromatic carbocycles. The van der Waals surface area contributed by atoms with Crippen molar-refractivity contribution >= 4 is 23.2 Å². The second-order valence-corrected chi connectivity index (χ2v) is 8.27. The summed E-state index contributed by atoms with van der Waals surface area (Å²) in [5.74, 6) is 0.506. The average Bonchev–Trinajstić information content (AvgIpc) is 3.29. The lowest BCUT2D eigenvalue weighted by molar-refractivity contribution is -0.125. The zero-order valence-electron chi connectivity index (χ0n) is 13.5. The summed E-state index contributed by atoms with van der Waals surface area (Å²) in [6, 6.07) is 2.50. The minimum absolute atomic E-state index is 0.0932. The van der Waals surface area contributed by atoms with Crippen LogP contribution in [0.2, 0.25) is 0 Å². The Morgan fingerprint density at radius 1 is 1.13 bits per heavy atom. The van der Waals surface area contributed by atoms with Gasteiger partial charge in [-0.15, -0.1) is 11.3 Å². The second-order valence-electron chi connectivity index (χ2n) is 7.13. The summed E-state index contributed by atoms with van der Waals surface area (Å²) in [5, 5.41) is 3.12. The van der Waals surface area contributed by atoms with Gasteiger partial charge in [0, 0.05) is 29.9 Å². The third-order valence-electron chi connectivity index (χ3n) is 5.23. The fourth-order valence-corrected chi connectivity index (χ4v) is 4.83. The molecule has 1 saturated heterocycles. The lowest BCUT2D eigenvalue weighted by atomic mass is 9.87. The Balaban J connectivity index is 1.44. The van der Waals surface area contributed by atoms with Crippen molar-refractivity contribution in [2.24, 2.45) is 5.92 Å². The first-order valence-electron chi connectivity index (χ1n) is 8.92. The molecule has 4 rings (SSSR count). The van der Waals surface area contributed by atoms with E-state index in [-0.39, 0.29) is 17.7 Å². The first-order valence-corrected chi connectivity index (χ1v) is 9.73. The number of hydrogen-bond donors (Lipinski definition) is 1. The maximum absolute atomic E-state index is 12.6. The summed E-state index contributed by atoms with van der Waals surface area (Å²) >= 11 is 1.65. The molecular weight excluding hydrogens is 308 g/mol. The van der Waals surface area contributed by atoms with E-state index < -0.39 is 0 Å². The lowest BCUT2D eigenvalue weighted by Gasteiger charge is -2.26. The van der Waals surface area contributed by atoms with Crippen LogP contribution in [-0.2, 0) is 17.6 Å². The topological polar surface area (TPSA) is 49.4 Å². The molecule has 23 heavy (non-hydrogen) atoms. The van der Waals surface area contributed by atoms with Gasteiger partial charge in [0.25, 0.3) is 5.91 Å². The largest absolute Gasteiger partial charge is 0.353 e. The standard InChI is InChI=1S/C18H24N2O2S/c21-17(19-14-5-6-14)12-4-7-15-13(10-12)11-16(23-15)18(22)20-8-2-1-3-9-20/h11-12,14H,1-10H2,(H,19,21)/t12-/m1/s1. The molecule has 0 bridgehead atoms. The Bertz CT molecular complexity index is 615. The van der Waals surface area contributed by atoms with Gasteiger partial charge in [-0.1, -0.05) is 0 Å². The van der Waals surface area contributed by atoms with E-state index in [2.05, 4.69) is 11.4 Å². The molecular formula is C18H24N2O2S. The fraction of sp³-hybridized carbons (Fsp3) is 0.667. The first kappa shape index (κ1) is 15.2. The molecule has 1 saturated carbocycles. The zero-order valence-corrected chi connectivity index (χ0v) is 14.3. The molecule has 2 heterocycles. The number of hydrogen-bond acceptors (Lipinski definition) is 3. The third kappa shape index (κ3) is 3.30. The second kappa shape index (κ2) is 6.27. The van der Waals surface area contributed by atoms with Crippen LogP contribution >= 0.6 is 11.3 Å². The molecule has 0 unspecified atom stereocenters. The third-order valence-corrected chi connectivity index (χ3v) is 6.46. The summed E-state index contributed by atoms with van der Waals surface area (Å²) in [4.78, 5) is 29.1. The smallest absolute Gasteiger partial charge is 0.263 e. The molecule has 3 aliphatic rings. The predicted molar refractivity (Wildman–Crippen MR) is 90.8 cm³/mol. The maximum atomic E-state index is 12.6. The van der Waals surface area contributed by atoms with E-state index in [0.717, 1.165) is 62.9 Å². The Hall–Kier alpha value is -1.36. The van der Waals surface area contributed by atoms with Gasteiger partial charge in [-0.3, -0.25) is 9.59 Å². The highest BCUT2D eigenvalue weighted by Gasteiger charge is 2.31. The van der Waals surface area contributed by atoms with E-state index in [9.17, 15) is 9.59 Å². The quantitative estimate of drug-likeness (QED) is 0.925. The highest BCUT2D eigenvalue weighted by Crippen LogP contribution is 2.34. The van der Waals surface area contributed by atoms with Gasteiger partial charge in [-0.25, -0.2) is 0 Å². The number of fused-ring (bicyclic) bond motifs is 1. The van der Waals surface area contributed by atoms with Gasteiger partial charge in [0.15, 0.2) is 0 Å². The maximum Gasteiger partial charge on any atom is 0.263 e. The van der Waals surface area contributed by atoms with Crippen molar-refractivity contribution in [2.75, 3.05) is 13.1 Å². The SMILES string of the molecule is O=C(NC1CC1)[C@@H]1CCc2sc(C(=O)N3CCCCC3)cc2C1.